The molecule has 3 heterocycles. The molecule has 0 aliphatic carbocycles. The van der Waals surface area contributed by atoms with Gasteiger partial charge in [0.05, 0.1) is 24.6 Å². The highest BCUT2D eigenvalue weighted by molar-refractivity contribution is 6.29. The Kier molecular flexibility index (Phi) is 3.95. The van der Waals surface area contributed by atoms with E-state index in [0.717, 1.165) is 23.6 Å². The third kappa shape index (κ3) is 2.88. The smallest absolute Gasteiger partial charge is 0.166 e. The van der Waals surface area contributed by atoms with Crippen molar-refractivity contribution in [3.63, 3.8) is 0 Å². The molecule has 1 atom stereocenters. The Morgan fingerprint density at radius 3 is 2.68 bits per heavy atom. The van der Waals surface area contributed by atoms with Crippen LogP contribution >= 0.6 is 11.6 Å². The summed E-state index contributed by atoms with van der Waals surface area (Å²) in [6.07, 6.45) is 0. The summed E-state index contributed by atoms with van der Waals surface area (Å²) in [6, 6.07) is 4.02. The standard InChI is InChI=1S/C16H21ClN4O/c1-10-9-22-8-7-21(10)14-11-5-6-12(17)18-13(11)19-15(20-14)16(2,3)4/h5-6,10H,7-9H2,1-4H3. The number of pyridine rings is 1. The van der Waals surface area contributed by atoms with E-state index >= 15 is 0 Å². The fourth-order valence-corrected chi connectivity index (χ4v) is 2.71. The SMILES string of the molecule is CC1COCCN1c1nc(C(C)(C)C)nc2nc(Cl)ccc12. The van der Waals surface area contributed by atoms with Crippen molar-refractivity contribution in [1.29, 1.82) is 0 Å². The van der Waals surface area contributed by atoms with Crippen LogP contribution in [0.15, 0.2) is 12.1 Å². The molecule has 6 heteroatoms. The van der Waals surface area contributed by atoms with Gasteiger partial charge in [-0.3, -0.25) is 0 Å². The van der Waals surface area contributed by atoms with E-state index in [0.29, 0.717) is 24.0 Å². The number of nitrogens with zero attached hydrogens (tertiary/aromatic N) is 4. The van der Waals surface area contributed by atoms with Gasteiger partial charge in [-0.1, -0.05) is 32.4 Å². The van der Waals surface area contributed by atoms with Gasteiger partial charge in [0, 0.05) is 12.0 Å². The molecule has 22 heavy (non-hydrogen) atoms. The lowest BCUT2D eigenvalue weighted by Gasteiger charge is -2.35. The van der Waals surface area contributed by atoms with E-state index in [1.807, 2.05) is 6.07 Å². The van der Waals surface area contributed by atoms with Gasteiger partial charge in [0.2, 0.25) is 0 Å². The van der Waals surface area contributed by atoms with Crippen molar-refractivity contribution >= 4 is 28.5 Å². The molecule has 118 valence electrons. The summed E-state index contributed by atoms with van der Waals surface area (Å²) in [6.45, 7) is 10.7. The Labute approximate surface area is 135 Å². The quantitative estimate of drug-likeness (QED) is 0.755. The van der Waals surface area contributed by atoms with Crippen LogP contribution in [0.3, 0.4) is 0 Å². The first-order chi connectivity index (χ1) is 10.4. The zero-order valence-electron chi connectivity index (χ0n) is 13.4. The molecule has 3 rings (SSSR count). The molecule has 2 aromatic heterocycles. The summed E-state index contributed by atoms with van der Waals surface area (Å²) >= 11 is 6.05. The van der Waals surface area contributed by atoms with E-state index < -0.39 is 0 Å². The Morgan fingerprint density at radius 2 is 2.00 bits per heavy atom. The minimum Gasteiger partial charge on any atom is -0.377 e. The van der Waals surface area contributed by atoms with Crippen molar-refractivity contribution in [3.05, 3.63) is 23.1 Å². The van der Waals surface area contributed by atoms with Crippen molar-refractivity contribution < 1.29 is 4.74 Å². The number of aromatic nitrogens is 3. The van der Waals surface area contributed by atoms with E-state index in [9.17, 15) is 0 Å². The van der Waals surface area contributed by atoms with Crippen LogP contribution < -0.4 is 4.90 Å². The van der Waals surface area contributed by atoms with E-state index in [1.54, 1.807) is 6.07 Å². The Morgan fingerprint density at radius 1 is 1.23 bits per heavy atom. The molecule has 0 aromatic carbocycles. The zero-order chi connectivity index (χ0) is 15.9. The fraction of sp³-hybridized carbons (Fsp3) is 0.562. The van der Waals surface area contributed by atoms with Crippen LogP contribution in [0, 0.1) is 0 Å². The minimum absolute atomic E-state index is 0.150. The van der Waals surface area contributed by atoms with Crippen LogP contribution in [0.25, 0.3) is 11.0 Å². The highest BCUT2D eigenvalue weighted by atomic mass is 35.5. The van der Waals surface area contributed by atoms with Gasteiger partial charge in [-0.05, 0) is 19.1 Å². The van der Waals surface area contributed by atoms with E-state index in [2.05, 4.69) is 42.6 Å². The highest BCUT2D eigenvalue weighted by Crippen LogP contribution is 2.30. The molecule has 0 radical (unpaired) electrons. The minimum atomic E-state index is -0.150. The predicted octanol–water partition coefficient (Wildman–Crippen LogP) is 3.20. The Balaban J connectivity index is 2.22. The van der Waals surface area contributed by atoms with Gasteiger partial charge >= 0.3 is 0 Å². The zero-order valence-corrected chi connectivity index (χ0v) is 14.2. The van der Waals surface area contributed by atoms with Crippen LogP contribution in [0.2, 0.25) is 5.15 Å². The summed E-state index contributed by atoms with van der Waals surface area (Å²) in [5.74, 6) is 1.71. The summed E-state index contributed by atoms with van der Waals surface area (Å²) in [7, 11) is 0. The molecule has 1 saturated heterocycles. The molecular formula is C16H21ClN4O. The van der Waals surface area contributed by atoms with E-state index in [1.165, 1.54) is 0 Å². The summed E-state index contributed by atoms with van der Waals surface area (Å²) in [5.41, 5.74) is 0.503. The number of rotatable bonds is 1. The molecule has 0 saturated carbocycles. The van der Waals surface area contributed by atoms with Crippen LogP contribution in [0.4, 0.5) is 5.82 Å². The third-order valence-electron chi connectivity index (χ3n) is 3.82. The van der Waals surface area contributed by atoms with Crippen LogP contribution in [0.1, 0.15) is 33.5 Å². The number of halogens is 1. The van der Waals surface area contributed by atoms with E-state index in [4.69, 9.17) is 21.3 Å². The molecule has 0 amide bonds. The molecule has 0 spiro atoms. The lowest BCUT2D eigenvalue weighted by Crippen LogP contribution is -2.44. The summed E-state index contributed by atoms with van der Waals surface area (Å²) < 4.78 is 5.54. The maximum atomic E-state index is 6.05. The second-order valence-electron chi connectivity index (χ2n) is 6.74. The first kappa shape index (κ1) is 15.4. The predicted molar refractivity (Wildman–Crippen MR) is 88.7 cm³/mol. The molecule has 1 aliphatic rings. The molecule has 2 aromatic rings. The topological polar surface area (TPSA) is 51.1 Å². The molecular weight excluding hydrogens is 300 g/mol. The molecule has 1 fully saturated rings. The molecule has 1 unspecified atom stereocenters. The average molecular weight is 321 g/mol. The van der Waals surface area contributed by atoms with Crippen LogP contribution in [-0.2, 0) is 10.2 Å². The van der Waals surface area contributed by atoms with Crippen LogP contribution in [-0.4, -0.2) is 40.8 Å². The second-order valence-corrected chi connectivity index (χ2v) is 7.13. The van der Waals surface area contributed by atoms with Gasteiger partial charge in [-0.25, -0.2) is 15.0 Å². The fourth-order valence-electron chi connectivity index (χ4n) is 2.57. The maximum Gasteiger partial charge on any atom is 0.166 e. The number of anilines is 1. The Bertz CT molecular complexity index is 698. The van der Waals surface area contributed by atoms with Gasteiger partial charge in [0.15, 0.2) is 5.65 Å². The molecule has 0 N–H and O–H groups in total. The molecule has 1 aliphatic heterocycles. The number of morpholine rings is 1. The van der Waals surface area contributed by atoms with Crippen molar-refractivity contribution in [3.8, 4) is 0 Å². The van der Waals surface area contributed by atoms with Crippen molar-refractivity contribution in [2.75, 3.05) is 24.7 Å². The first-order valence-corrected chi connectivity index (χ1v) is 7.93. The number of hydrogen-bond donors (Lipinski definition) is 0. The maximum absolute atomic E-state index is 6.05. The van der Waals surface area contributed by atoms with E-state index in [-0.39, 0.29) is 11.5 Å². The van der Waals surface area contributed by atoms with Crippen molar-refractivity contribution in [1.82, 2.24) is 15.0 Å². The van der Waals surface area contributed by atoms with Gasteiger partial charge < -0.3 is 9.64 Å². The summed E-state index contributed by atoms with van der Waals surface area (Å²) in [5, 5.41) is 1.39. The van der Waals surface area contributed by atoms with Crippen molar-refractivity contribution in [2.24, 2.45) is 0 Å². The largest absolute Gasteiger partial charge is 0.377 e. The average Bonchev–Trinajstić information content (AvgIpc) is 2.45. The number of ether oxygens (including phenoxy) is 1. The lowest BCUT2D eigenvalue weighted by molar-refractivity contribution is 0.0986. The second kappa shape index (κ2) is 5.63. The van der Waals surface area contributed by atoms with Gasteiger partial charge in [-0.15, -0.1) is 0 Å². The first-order valence-electron chi connectivity index (χ1n) is 7.55. The Hall–Kier alpha value is -1.46. The lowest BCUT2D eigenvalue weighted by atomic mass is 9.95. The van der Waals surface area contributed by atoms with Crippen LogP contribution in [0.5, 0.6) is 0 Å². The van der Waals surface area contributed by atoms with Gasteiger partial charge in [0.1, 0.15) is 16.8 Å². The molecule has 5 nitrogen and oxygen atoms in total. The highest BCUT2D eigenvalue weighted by Gasteiger charge is 2.26. The van der Waals surface area contributed by atoms with Gasteiger partial charge in [0.25, 0.3) is 0 Å². The molecule has 0 bridgehead atoms. The normalized spacial score (nSPS) is 19.7. The third-order valence-corrected chi connectivity index (χ3v) is 4.03. The summed E-state index contributed by atoms with van der Waals surface area (Å²) in [4.78, 5) is 16.1. The van der Waals surface area contributed by atoms with Crippen molar-refractivity contribution in [2.45, 2.75) is 39.2 Å². The number of fused-ring (bicyclic) bond motifs is 1. The number of hydrogen-bond acceptors (Lipinski definition) is 5. The monoisotopic (exact) mass is 320 g/mol. The van der Waals surface area contributed by atoms with Gasteiger partial charge in [-0.2, -0.15) is 0 Å².